The molecule has 0 aromatic carbocycles. The number of amides is 1. The van der Waals surface area contributed by atoms with Gasteiger partial charge in [0, 0.05) is 37.9 Å². The van der Waals surface area contributed by atoms with Crippen molar-refractivity contribution in [1.29, 1.82) is 0 Å². The number of hydrogen-bond donors (Lipinski definition) is 0. The standard InChI is InChI=1S/C17H20N6O2/c1-12-5-15(13(2)25-12)17(24)22-7-14(8-23-11-18-10-20-23)6-21-4-3-19-16(21)9-22/h3-5,10-11,14H,6-9H2,1-2H3. The Morgan fingerprint density at radius 2 is 2.24 bits per heavy atom. The number of furan rings is 1. The van der Waals surface area contributed by atoms with Crippen LogP contribution < -0.4 is 0 Å². The van der Waals surface area contributed by atoms with Crippen molar-refractivity contribution in [2.45, 2.75) is 33.5 Å². The summed E-state index contributed by atoms with van der Waals surface area (Å²) in [4.78, 5) is 23.3. The molecule has 4 heterocycles. The number of aromatic nitrogens is 5. The van der Waals surface area contributed by atoms with Crippen LogP contribution in [-0.2, 0) is 19.6 Å². The lowest BCUT2D eigenvalue weighted by Gasteiger charge is -2.23. The fourth-order valence-electron chi connectivity index (χ4n) is 3.42. The minimum absolute atomic E-state index is 0.0191. The van der Waals surface area contributed by atoms with Crippen LogP contribution in [0.5, 0.6) is 0 Å². The monoisotopic (exact) mass is 340 g/mol. The molecule has 3 aromatic rings. The first-order chi connectivity index (χ1) is 12.1. The van der Waals surface area contributed by atoms with Gasteiger partial charge in [-0.1, -0.05) is 0 Å². The van der Waals surface area contributed by atoms with E-state index in [1.54, 1.807) is 12.5 Å². The maximum Gasteiger partial charge on any atom is 0.257 e. The van der Waals surface area contributed by atoms with Crippen molar-refractivity contribution in [2.24, 2.45) is 5.92 Å². The number of hydrogen-bond acceptors (Lipinski definition) is 5. The van der Waals surface area contributed by atoms with E-state index in [1.807, 2.05) is 35.7 Å². The highest BCUT2D eigenvalue weighted by Crippen LogP contribution is 2.22. The molecule has 1 aliphatic heterocycles. The van der Waals surface area contributed by atoms with Crippen LogP contribution in [-0.4, -0.2) is 41.7 Å². The molecule has 0 N–H and O–H groups in total. The van der Waals surface area contributed by atoms with E-state index >= 15 is 0 Å². The van der Waals surface area contributed by atoms with E-state index in [1.165, 1.54) is 6.33 Å². The number of fused-ring (bicyclic) bond motifs is 1. The van der Waals surface area contributed by atoms with Crippen molar-refractivity contribution < 1.29 is 9.21 Å². The van der Waals surface area contributed by atoms with Crippen molar-refractivity contribution in [2.75, 3.05) is 6.54 Å². The highest BCUT2D eigenvalue weighted by Gasteiger charge is 2.28. The number of nitrogens with zero attached hydrogens (tertiary/aromatic N) is 6. The average molecular weight is 340 g/mol. The van der Waals surface area contributed by atoms with Gasteiger partial charge in [0.2, 0.25) is 0 Å². The molecule has 8 nitrogen and oxygen atoms in total. The molecule has 1 amide bonds. The van der Waals surface area contributed by atoms with Gasteiger partial charge in [-0.15, -0.1) is 0 Å². The van der Waals surface area contributed by atoms with E-state index in [0.29, 0.717) is 31.0 Å². The van der Waals surface area contributed by atoms with Crippen LogP contribution in [0, 0.1) is 19.8 Å². The highest BCUT2D eigenvalue weighted by molar-refractivity contribution is 5.95. The molecule has 4 rings (SSSR count). The summed E-state index contributed by atoms with van der Waals surface area (Å²) >= 11 is 0. The smallest absolute Gasteiger partial charge is 0.257 e. The van der Waals surface area contributed by atoms with E-state index in [0.717, 1.165) is 18.1 Å². The molecule has 0 fully saturated rings. The van der Waals surface area contributed by atoms with Crippen molar-refractivity contribution in [3.63, 3.8) is 0 Å². The Balaban J connectivity index is 1.62. The SMILES string of the molecule is Cc1cc(C(=O)N2Cc3nccn3CC(Cn3cncn3)C2)c(C)o1. The highest BCUT2D eigenvalue weighted by atomic mass is 16.3. The molecule has 1 atom stereocenters. The first-order valence-electron chi connectivity index (χ1n) is 8.29. The minimum Gasteiger partial charge on any atom is -0.466 e. The zero-order chi connectivity index (χ0) is 17.4. The summed E-state index contributed by atoms with van der Waals surface area (Å²) in [7, 11) is 0. The number of rotatable bonds is 3. The molecule has 1 unspecified atom stereocenters. The lowest BCUT2D eigenvalue weighted by molar-refractivity contribution is 0.0711. The summed E-state index contributed by atoms with van der Waals surface area (Å²) in [6.07, 6.45) is 6.98. The van der Waals surface area contributed by atoms with Gasteiger partial charge in [0.1, 0.15) is 30.0 Å². The number of carbonyl (C=O) groups is 1. The maximum atomic E-state index is 13.1. The molecule has 0 saturated carbocycles. The summed E-state index contributed by atoms with van der Waals surface area (Å²) in [6, 6.07) is 1.81. The predicted molar refractivity (Wildman–Crippen MR) is 88.7 cm³/mol. The molecule has 0 aliphatic carbocycles. The van der Waals surface area contributed by atoms with Gasteiger partial charge >= 0.3 is 0 Å². The molecular formula is C17H20N6O2. The third-order valence-electron chi connectivity index (χ3n) is 4.54. The van der Waals surface area contributed by atoms with Gasteiger partial charge in [-0.2, -0.15) is 5.10 Å². The molecule has 0 bridgehead atoms. The van der Waals surface area contributed by atoms with Crippen LogP contribution in [0.4, 0.5) is 0 Å². The Morgan fingerprint density at radius 1 is 1.36 bits per heavy atom. The first kappa shape index (κ1) is 15.6. The third kappa shape index (κ3) is 3.07. The fraction of sp³-hybridized carbons (Fsp3) is 0.412. The number of imidazole rings is 1. The van der Waals surface area contributed by atoms with Crippen LogP contribution >= 0.6 is 0 Å². The second kappa shape index (κ2) is 6.19. The van der Waals surface area contributed by atoms with Crippen LogP contribution in [0.15, 0.2) is 35.5 Å². The summed E-state index contributed by atoms with van der Waals surface area (Å²) < 4.78 is 9.46. The van der Waals surface area contributed by atoms with Gasteiger partial charge in [0.25, 0.3) is 5.91 Å². The van der Waals surface area contributed by atoms with Gasteiger partial charge in [-0.3, -0.25) is 9.48 Å². The van der Waals surface area contributed by atoms with E-state index in [4.69, 9.17) is 4.42 Å². The molecule has 8 heteroatoms. The van der Waals surface area contributed by atoms with E-state index in [2.05, 4.69) is 19.6 Å². The third-order valence-corrected chi connectivity index (χ3v) is 4.54. The zero-order valence-electron chi connectivity index (χ0n) is 14.3. The molecule has 130 valence electrons. The predicted octanol–water partition coefficient (Wildman–Crippen LogP) is 1.66. The number of carbonyl (C=O) groups excluding carboxylic acids is 1. The number of aryl methyl sites for hydroxylation is 2. The van der Waals surface area contributed by atoms with Gasteiger partial charge < -0.3 is 13.9 Å². The Labute approximate surface area is 145 Å². The van der Waals surface area contributed by atoms with Crippen LogP contribution in [0.3, 0.4) is 0 Å². The Hall–Kier alpha value is -2.90. The minimum atomic E-state index is -0.0191. The van der Waals surface area contributed by atoms with Crippen molar-refractivity contribution >= 4 is 5.91 Å². The van der Waals surface area contributed by atoms with E-state index < -0.39 is 0 Å². The quantitative estimate of drug-likeness (QED) is 0.724. The second-order valence-corrected chi connectivity index (χ2v) is 6.49. The molecule has 0 saturated heterocycles. The van der Waals surface area contributed by atoms with Gasteiger partial charge in [-0.25, -0.2) is 9.97 Å². The normalized spacial score (nSPS) is 17.4. The van der Waals surface area contributed by atoms with Crippen LogP contribution in [0.2, 0.25) is 0 Å². The van der Waals surface area contributed by atoms with Crippen molar-refractivity contribution in [3.05, 3.63) is 54.0 Å². The summed E-state index contributed by atoms with van der Waals surface area (Å²) in [5.41, 5.74) is 0.622. The molecular weight excluding hydrogens is 320 g/mol. The van der Waals surface area contributed by atoms with Gasteiger partial charge in [0.15, 0.2) is 0 Å². The summed E-state index contributed by atoms with van der Waals surface area (Å²) in [6.45, 7) is 6.29. The van der Waals surface area contributed by atoms with Crippen molar-refractivity contribution in [1.82, 2.24) is 29.2 Å². The van der Waals surface area contributed by atoms with Crippen LogP contribution in [0.25, 0.3) is 0 Å². The molecule has 1 aliphatic rings. The molecule has 0 spiro atoms. The molecule has 3 aromatic heterocycles. The molecule has 0 radical (unpaired) electrons. The lowest BCUT2D eigenvalue weighted by atomic mass is 10.1. The largest absolute Gasteiger partial charge is 0.466 e. The summed E-state index contributed by atoms with van der Waals surface area (Å²) in [5.74, 6) is 2.50. The van der Waals surface area contributed by atoms with E-state index in [-0.39, 0.29) is 11.8 Å². The lowest BCUT2D eigenvalue weighted by Crippen LogP contribution is -2.35. The maximum absolute atomic E-state index is 13.1. The van der Waals surface area contributed by atoms with Gasteiger partial charge in [0.05, 0.1) is 12.1 Å². The zero-order valence-corrected chi connectivity index (χ0v) is 14.3. The van der Waals surface area contributed by atoms with Crippen molar-refractivity contribution in [3.8, 4) is 0 Å². The topological polar surface area (TPSA) is 82.0 Å². The Bertz CT molecular complexity index is 879. The Kier molecular flexibility index (Phi) is 3.87. The Morgan fingerprint density at radius 3 is 2.96 bits per heavy atom. The summed E-state index contributed by atoms with van der Waals surface area (Å²) in [5, 5.41) is 4.19. The second-order valence-electron chi connectivity index (χ2n) is 6.49. The first-order valence-corrected chi connectivity index (χ1v) is 8.29. The van der Waals surface area contributed by atoms with Crippen LogP contribution in [0.1, 0.15) is 27.7 Å². The molecule has 25 heavy (non-hydrogen) atoms. The fourth-order valence-corrected chi connectivity index (χ4v) is 3.42. The van der Waals surface area contributed by atoms with E-state index in [9.17, 15) is 4.79 Å². The average Bonchev–Trinajstić information content (AvgIpc) is 3.28. The van der Waals surface area contributed by atoms with Gasteiger partial charge in [-0.05, 0) is 19.9 Å².